The summed E-state index contributed by atoms with van der Waals surface area (Å²) in [4.78, 5) is 4.47. The lowest BCUT2D eigenvalue weighted by Crippen LogP contribution is -2.41. The molecule has 5 nitrogen and oxygen atoms in total. The first kappa shape index (κ1) is 17.5. The van der Waals surface area contributed by atoms with Gasteiger partial charge >= 0.3 is 0 Å². The van der Waals surface area contributed by atoms with Gasteiger partial charge in [0.2, 0.25) is 5.76 Å². The van der Waals surface area contributed by atoms with E-state index in [-0.39, 0.29) is 11.1 Å². The molecule has 0 aliphatic rings. The Balaban J connectivity index is 2.15. The summed E-state index contributed by atoms with van der Waals surface area (Å²) in [5.74, 6) is 3.77. The van der Waals surface area contributed by atoms with Crippen molar-refractivity contribution in [2.75, 3.05) is 0 Å². The van der Waals surface area contributed by atoms with Crippen molar-refractivity contribution in [3.05, 3.63) is 35.7 Å². The minimum atomic E-state index is -1.85. The molecule has 0 aromatic carbocycles. The van der Waals surface area contributed by atoms with Crippen LogP contribution in [0.5, 0.6) is 0 Å². The second-order valence-electron chi connectivity index (χ2n) is 7.26. The summed E-state index contributed by atoms with van der Waals surface area (Å²) in [6, 6.07) is 1.77. The van der Waals surface area contributed by atoms with Gasteiger partial charge in [-0.05, 0) is 31.0 Å². The Morgan fingerprint density at radius 3 is 2.70 bits per heavy atom. The second kappa shape index (κ2) is 6.34. The van der Waals surface area contributed by atoms with E-state index >= 15 is 0 Å². The third kappa shape index (κ3) is 3.92. The van der Waals surface area contributed by atoms with Crippen molar-refractivity contribution in [2.24, 2.45) is 0 Å². The summed E-state index contributed by atoms with van der Waals surface area (Å²) < 4.78 is 13.5. The highest BCUT2D eigenvalue weighted by molar-refractivity contribution is 6.74. The normalized spacial score (nSPS) is 13.8. The number of rotatable bonds is 5. The highest BCUT2D eigenvalue weighted by Crippen LogP contribution is 2.39. The molecule has 0 saturated carbocycles. The lowest BCUT2D eigenvalue weighted by molar-refractivity contribution is 0.189. The second-order valence-corrected chi connectivity index (χ2v) is 12.0. The Hall–Kier alpha value is -1.84. The molecule has 0 aliphatic heterocycles. The molecule has 6 heteroatoms. The zero-order valence-corrected chi connectivity index (χ0v) is 15.8. The van der Waals surface area contributed by atoms with Crippen molar-refractivity contribution in [2.45, 2.75) is 58.5 Å². The van der Waals surface area contributed by atoms with Gasteiger partial charge in [-0.15, -0.1) is 6.42 Å². The molecule has 0 N–H and O–H groups in total. The quantitative estimate of drug-likeness (QED) is 0.614. The van der Waals surface area contributed by atoms with Crippen molar-refractivity contribution in [3.8, 4) is 12.3 Å². The number of aromatic nitrogens is 3. The van der Waals surface area contributed by atoms with Crippen LogP contribution < -0.4 is 0 Å². The fourth-order valence-electron chi connectivity index (χ4n) is 2.11. The molecule has 1 unspecified atom stereocenters. The standard InChI is InChI=1S/C17H25N3O2Si/c1-8-15-11-14(19-21-15)12-20-10-9-18-16(20)13(2)22-23(6,7)17(3,4)5/h1,9-11,13H,12H2,2-7H3. The zero-order chi connectivity index (χ0) is 17.3. The first-order valence-corrected chi connectivity index (χ1v) is 10.7. The molecule has 2 aromatic heterocycles. The van der Waals surface area contributed by atoms with Crippen LogP contribution in [0.2, 0.25) is 18.1 Å². The number of terminal acetylenes is 1. The summed E-state index contributed by atoms with van der Waals surface area (Å²) in [6.45, 7) is 13.8. The van der Waals surface area contributed by atoms with E-state index in [0.29, 0.717) is 12.3 Å². The van der Waals surface area contributed by atoms with Crippen molar-refractivity contribution in [1.82, 2.24) is 14.7 Å². The smallest absolute Gasteiger partial charge is 0.209 e. The SMILES string of the molecule is C#Cc1cc(Cn2ccnc2C(C)O[Si](C)(C)C(C)(C)C)no1. The third-order valence-electron chi connectivity index (χ3n) is 4.42. The summed E-state index contributed by atoms with van der Waals surface area (Å²) in [6.07, 6.45) is 8.93. The van der Waals surface area contributed by atoms with Crippen molar-refractivity contribution in [3.63, 3.8) is 0 Å². The summed E-state index contributed by atoms with van der Waals surface area (Å²) in [5, 5.41) is 4.14. The molecule has 2 aromatic rings. The molecule has 0 fully saturated rings. The Kier molecular flexibility index (Phi) is 4.83. The number of imidazole rings is 1. The highest BCUT2D eigenvalue weighted by atomic mass is 28.4. The maximum absolute atomic E-state index is 6.43. The summed E-state index contributed by atoms with van der Waals surface area (Å²) in [7, 11) is -1.85. The molecule has 0 bridgehead atoms. The highest BCUT2D eigenvalue weighted by Gasteiger charge is 2.39. The molecule has 0 amide bonds. The van der Waals surface area contributed by atoms with Gasteiger partial charge in [-0.3, -0.25) is 0 Å². The van der Waals surface area contributed by atoms with E-state index in [4.69, 9.17) is 15.4 Å². The molecule has 2 heterocycles. The van der Waals surface area contributed by atoms with E-state index in [1.165, 1.54) is 0 Å². The number of hydrogen-bond donors (Lipinski definition) is 0. The van der Waals surface area contributed by atoms with Crippen LogP contribution >= 0.6 is 0 Å². The van der Waals surface area contributed by atoms with Crippen LogP contribution in [0, 0.1) is 12.3 Å². The van der Waals surface area contributed by atoms with Gasteiger partial charge < -0.3 is 13.5 Å². The number of hydrogen-bond acceptors (Lipinski definition) is 4. The van der Waals surface area contributed by atoms with E-state index in [1.54, 1.807) is 12.3 Å². The van der Waals surface area contributed by atoms with E-state index in [0.717, 1.165) is 11.5 Å². The lowest BCUT2D eigenvalue weighted by atomic mass is 10.2. The predicted octanol–water partition coefficient (Wildman–Crippen LogP) is 3.98. The fraction of sp³-hybridized carbons (Fsp3) is 0.529. The van der Waals surface area contributed by atoms with Gasteiger partial charge in [0.1, 0.15) is 17.6 Å². The molecule has 23 heavy (non-hydrogen) atoms. The molecule has 124 valence electrons. The third-order valence-corrected chi connectivity index (χ3v) is 8.98. The Morgan fingerprint density at radius 2 is 2.13 bits per heavy atom. The number of nitrogens with zero attached hydrogens (tertiary/aromatic N) is 3. The van der Waals surface area contributed by atoms with Crippen molar-refractivity contribution >= 4 is 8.32 Å². The lowest BCUT2D eigenvalue weighted by Gasteiger charge is -2.38. The minimum absolute atomic E-state index is 0.0788. The van der Waals surface area contributed by atoms with E-state index < -0.39 is 8.32 Å². The molecule has 2 rings (SSSR count). The van der Waals surface area contributed by atoms with Gasteiger partial charge in [0.15, 0.2) is 8.32 Å². The van der Waals surface area contributed by atoms with E-state index in [9.17, 15) is 0 Å². The van der Waals surface area contributed by atoms with Crippen LogP contribution in [-0.4, -0.2) is 23.0 Å². The zero-order valence-electron chi connectivity index (χ0n) is 14.8. The minimum Gasteiger partial charge on any atom is -0.407 e. The van der Waals surface area contributed by atoms with Gasteiger partial charge in [0.25, 0.3) is 0 Å². The largest absolute Gasteiger partial charge is 0.407 e. The Labute approximate surface area is 139 Å². The predicted molar refractivity (Wildman–Crippen MR) is 92.5 cm³/mol. The van der Waals surface area contributed by atoms with Gasteiger partial charge in [-0.2, -0.15) is 0 Å². The van der Waals surface area contributed by atoms with Gasteiger partial charge in [0, 0.05) is 18.5 Å². The van der Waals surface area contributed by atoms with Crippen molar-refractivity contribution in [1.29, 1.82) is 0 Å². The average molecular weight is 331 g/mol. The van der Waals surface area contributed by atoms with Gasteiger partial charge in [0.05, 0.1) is 6.54 Å². The molecular weight excluding hydrogens is 306 g/mol. The topological polar surface area (TPSA) is 53.1 Å². The molecule has 0 saturated heterocycles. The van der Waals surface area contributed by atoms with Crippen LogP contribution in [0.15, 0.2) is 23.0 Å². The van der Waals surface area contributed by atoms with Crippen LogP contribution in [0.3, 0.4) is 0 Å². The van der Waals surface area contributed by atoms with Gasteiger partial charge in [-0.25, -0.2) is 4.98 Å². The van der Waals surface area contributed by atoms with Crippen LogP contribution in [0.4, 0.5) is 0 Å². The summed E-state index contributed by atoms with van der Waals surface area (Å²) >= 11 is 0. The van der Waals surface area contributed by atoms with Crippen LogP contribution in [-0.2, 0) is 11.0 Å². The Bertz CT molecular complexity index is 704. The van der Waals surface area contributed by atoms with Gasteiger partial charge in [-0.1, -0.05) is 25.9 Å². The fourth-order valence-corrected chi connectivity index (χ4v) is 3.46. The van der Waals surface area contributed by atoms with Crippen molar-refractivity contribution < 1.29 is 8.95 Å². The molecule has 0 spiro atoms. The maximum atomic E-state index is 6.43. The summed E-state index contributed by atoms with van der Waals surface area (Å²) in [5.41, 5.74) is 0.775. The van der Waals surface area contributed by atoms with Crippen LogP contribution in [0.25, 0.3) is 0 Å². The monoisotopic (exact) mass is 331 g/mol. The molecular formula is C17H25N3O2Si. The van der Waals surface area contributed by atoms with E-state index in [2.05, 4.69) is 56.9 Å². The Morgan fingerprint density at radius 1 is 1.43 bits per heavy atom. The molecule has 0 radical (unpaired) electrons. The molecule has 0 aliphatic carbocycles. The van der Waals surface area contributed by atoms with Crippen LogP contribution in [0.1, 0.15) is 51.1 Å². The maximum Gasteiger partial charge on any atom is 0.209 e. The first-order valence-electron chi connectivity index (χ1n) is 7.75. The average Bonchev–Trinajstić information content (AvgIpc) is 3.06. The molecule has 1 atom stereocenters. The van der Waals surface area contributed by atoms with E-state index in [1.807, 2.05) is 10.8 Å². The first-order chi connectivity index (χ1) is 10.6.